The lowest BCUT2D eigenvalue weighted by atomic mass is 10.0. The number of rotatable bonds is 3. The Labute approximate surface area is 168 Å². The summed E-state index contributed by atoms with van der Waals surface area (Å²) in [5.41, 5.74) is 10.4. The van der Waals surface area contributed by atoms with Gasteiger partial charge in [0.15, 0.2) is 5.17 Å². The lowest BCUT2D eigenvalue weighted by molar-refractivity contribution is -0.121. The predicted molar refractivity (Wildman–Crippen MR) is 112 cm³/mol. The van der Waals surface area contributed by atoms with Crippen molar-refractivity contribution in [3.05, 3.63) is 64.2 Å². The number of amides is 1. The van der Waals surface area contributed by atoms with Gasteiger partial charge in [0.25, 0.3) is 0 Å². The Balaban J connectivity index is 1.67. The fourth-order valence-electron chi connectivity index (χ4n) is 3.23. The van der Waals surface area contributed by atoms with E-state index in [0.717, 1.165) is 21.8 Å². The fourth-order valence-corrected chi connectivity index (χ4v) is 4.56. The van der Waals surface area contributed by atoms with E-state index in [4.69, 9.17) is 16.6 Å². The van der Waals surface area contributed by atoms with E-state index in [1.165, 1.54) is 17.3 Å². The van der Waals surface area contributed by atoms with Crippen LogP contribution in [0, 0.1) is 19.8 Å². The first-order valence-electron chi connectivity index (χ1n) is 8.88. The van der Waals surface area contributed by atoms with E-state index in [-0.39, 0.29) is 18.0 Å². The first-order chi connectivity index (χ1) is 13.0. The molecule has 2 N–H and O–H groups in total. The molecule has 2 atom stereocenters. The molecule has 1 amide bonds. The summed E-state index contributed by atoms with van der Waals surface area (Å²) in [5.74, 6) is 0.520. The predicted octanol–water partition coefficient (Wildman–Crippen LogP) is 3.64. The lowest BCUT2D eigenvalue weighted by Gasteiger charge is -2.32. The van der Waals surface area contributed by atoms with Gasteiger partial charge in [0.05, 0.1) is 11.6 Å². The monoisotopic (exact) mass is 400 g/mol. The molecule has 2 aromatic carbocycles. The van der Waals surface area contributed by atoms with Crippen LogP contribution < -0.4 is 15.8 Å². The molecule has 0 aromatic heterocycles. The maximum atomic E-state index is 13.2. The van der Waals surface area contributed by atoms with Crippen molar-refractivity contribution in [1.82, 2.24) is 10.9 Å². The molecule has 0 aliphatic carbocycles. The third-order valence-electron chi connectivity index (χ3n) is 4.99. The van der Waals surface area contributed by atoms with Crippen LogP contribution in [0.3, 0.4) is 0 Å². The van der Waals surface area contributed by atoms with Crippen molar-refractivity contribution in [2.24, 2.45) is 10.9 Å². The van der Waals surface area contributed by atoms with Crippen LogP contribution in [0.1, 0.15) is 16.7 Å². The minimum atomic E-state index is -0.228. The average molecular weight is 401 g/mol. The number of thioether (sulfide) groups is 1. The van der Waals surface area contributed by atoms with Crippen LogP contribution in [-0.4, -0.2) is 23.8 Å². The molecule has 2 unspecified atom stereocenters. The van der Waals surface area contributed by atoms with Crippen molar-refractivity contribution in [3.8, 4) is 0 Å². The molecule has 1 fully saturated rings. The molecule has 4 rings (SSSR count). The zero-order valence-electron chi connectivity index (χ0n) is 15.2. The number of nitrogens with zero attached hydrogens (tertiary/aromatic N) is 2. The number of nitrogens with one attached hydrogen (secondary N) is 2. The smallest absolute Gasteiger partial charge is 0.241 e. The highest BCUT2D eigenvalue weighted by atomic mass is 35.5. The third kappa shape index (κ3) is 3.62. The van der Waals surface area contributed by atoms with Gasteiger partial charge in [0.2, 0.25) is 5.91 Å². The fraction of sp³-hybridized carbons (Fsp3) is 0.300. The highest BCUT2D eigenvalue weighted by Gasteiger charge is 2.42. The summed E-state index contributed by atoms with van der Waals surface area (Å²) >= 11 is 7.83. The topological polar surface area (TPSA) is 56.7 Å². The number of aryl methyl sites for hydroxylation is 2. The van der Waals surface area contributed by atoms with Gasteiger partial charge >= 0.3 is 0 Å². The summed E-state index contributed by atoms with van der Waals surface area (Å²) in [6, 6.07) is 13.8. The van der Waals surface area contributed by atoms with Crippen molar-refractivity contribution in [2.75, 3.05) is 11.4 Å². The number of hydrogen-bond acceptors (Lipinski definition) is 5. The van der Waals surface area contributed by atoms with E-state index in [1.54, 1.807) is 4.90 Å². The standard InChI is InChI=1S/C20H21ClN4OS/c1-12-7-8-15(9-13(12)2)25-19(26)16-10-22-24-18(16)23-20(25)27-11-14-5-3-4-6-17(14)21/h3-9,16,18,22,24H,10-11H2,1-2H3. The molecule has 0 spiro atoms. The molecule has 140 valence electrons. The van der Waals surface area contributed by atoms with Crippen LogP contribution in [0.15, 0.2) is 47.5 Å². The van der Waals surface area contributed by atoms with Crippen molar-refractivity contribution >= 4 is 40.1 Å². The lowest BCUT2D eigenvalue weighted by Crippen LogP contribution is -2.49. The number of benzene rings is 2. The second-order valence-corrected chi connectivity index (χ2v) is 8.16. The molecule has 0 saturated carbocycles. The van der Waals surface area contributed by atoms with Gasteiger partial charge in [0.1, 0.15) is 6.17 Å². The van der Waals surface area contributed by atoms with E-state index < -0.39 is 0 Å². The molecule has 27 heavy (non-hydrogen) atoms. The zero-order chi connectivity index (χ0) is 19.0. The van der Waals surface area contributed by atoms with Crippen LogP contribution in [0.5, 0.6) is 0 Å². The summed E-state index contributed by atoms with van der Waals surface area (Å²) in [6.45, 7) is 4.71. The van der Waals surface area contributed by atoms with Crippen LogP contribution in [0.25, 0.3) is 0 Å². The van der Waals surface area contributed by atoms with Crippen molar-refractivity contribution in [2.45, 2.75) is 25.8 Å². The number of anilines is 1. The Bertz CT molecular complexity index is 917. The van der Waals surface area contributed by atoms with Crippen LogP contribution in [0.2, 0.25) is 5.02 Å². The molecule has 0 bridgehead atoms. The van der Waals surface area contributed by atoms with E-state index in [0.29, 0.717) is 17.5 Å². The molecule has 0 radical (unpaired) electrons. The molecule has 2 aliphatic rings. The van der Waals surface area contributed by atoms with Gasteiger partial charge in [-0.3, -0.25) is 15.1 Å². The van der Waals surface area contributed by atoms with Crippen molar-refractivity contribution in [1.29, 1.82) is 0 Å². The summed E-state index contributed by atoms with van der Waals surface area (Å²) in [5, 5.41) is 1.42. The van der Waals surface area contributed by atoms with Crippen molar-refractivity contribution in [3.63, 3.8) is 0 Å². The molecule has 1 saturated heterocycles. The van der Waals surface area contributed by atoms with Gasteiger partial charge < -0.3 is 0 Å². The number of hydrazine groups is 1. The van der Waals surface area contributed by atoms with E-state index in [9.17, 15) is 4.79 Å². The molecule has 5 nitrogen and oxygen atoms in total. The summed E-state index contributed by atoms with van der Waals surface area (Å²) in [4.78, 5) is 19.8. The van der Waals surface area contributed by atoms with Gasteiger partial charge in [-0.15, -0.1) is 0 Å². The Hall–Kier alpha value is -1.86. The Kier molecular flexibility index (Phi) is 5.23. The molecule has 7 heteroatoms. The Morgan fingerprint density at radius 2 is 2.04 bits per heavy atom. The second kappa shape index (κ2) is 7.64. The van der Waals surface area contributed by atoms with Crippen LogP contribution >= 0.6 is 23.4 Å². The maximum absolute atomic E-state index is 13.2. The summed E-state index contributed by atoms with van der Waals surface area (Å²) in [6.07, 6.45) is -0.228. The first kappa shape index (κ1) is 18.5. The molecular weight excluding hydrogens is 380 g/mol. The van der Waals surface area contributed by atoms with Crippen molar-refractivity contribution < 1.29 is 4.79 Å². The van der Waals surface area contributed by atoms with Crippen LogP contribution in [0.4, 0.5) is 5.69 Å². The van der Waals surface area contributed by atoms with E-state index in [1.807, 2.05) is 36.4 Å². The van der Waals surface area contributed by atoms with Gasteiger partial charge in [-0.25, -0.2) is 10.4 Å². The third-order valence-corrected chi connectivity index (χ3v) is 6.36. The average Bonchev–Trinajstić information content (AvgIpc) is 3.13. The molecular formula is C20H21ClN4OS. The molecule has 2 aliphatic heterocycles. The Morgan fingerprint density at radius 3 is 2.81 bits per heavy atom. The molecule has 2 heterocycles. The highest BCUT2D eigenvalue weighted by Crippen LogP contribution is 2.32. The van der Waals surface area contributed by atoms with Crippen LogP contribution in [-0.2, 0) is 10.5 Å². The van der Waals surface area contributed by atoms with E-state index in [2.05, 4.69) is 30.8 Å². The SMILES string of the molecule is Cc1ccc(N2C(=O)C3CNNC3N=C2SCc2ccccc2Cl)cc1C. The minimum Gasteiger partial charge on any atom is -0.274 e. The number of aliphatic imine (C=N–C) groups is 1. The number of hydrogen-bond donors (Lipinski definition) is 2. The minimum absolute atomic E-state index is 0.0670. The number of carbonyl (C=O) groups is 1. The molecule has 2 aromatic rings. The number of amidine groups is 1. The summed E-state index contributed by atoms with van der Waals surface area (Å²) in [7, 11) is 0. The Morgan fingerprint density at radius 1 is 1.22 bits per heavy atom. The maximum Gasteiger partial charge on any atom is 0.241 e. The first-order valence-corrected chi connectivity index (χ1v) is 10.2. The van der Waals surface area contributed by atoms with Gasteiger partial charge in [0, 0.05) is 17.3 Å². The van der Waals surface area contributed by atoms with Gasteiger partial charge in [-0.1, -0.05) is 47.6 Å². The second-order valence-electron chi connectivity index (χ2n) is 6.81. The largest absolute Gasteiger partial charge is 0.274 e. The quantitative estimate of drug-likeness (QED) is 0.825. The van der Waals surface area contributed by atoms with E-state index >= 15 is 0 Å². The highest BCUT2D eigenvalue weighted by molar-refractivity contribution is 8.13. The number of carbonyl (C=O) groups excluding carboxylic acids is 1. The number of fused-ring (bicyclic) bond motifs is 1. The normalized spacial score (nSPS) is 22.0. The van der Waals surface area contributed by atoms with Gasteiger partial charge in [-0.05, 0) is 48.7 Å². The zero-order valence-corrected chi connectivity index (χ0v) is 16.8. The number of halogens is 1. The van der Waals surface area contributed by atoms with Gasteiger partial charge in [-0.2, -0.15) is 0 Å². The summed E-state index contributed by atoms with van der Waals surface area (Å²) < 4.78 is 0.